The predicted octanol–water partition coefficient (Wildman–Crippen LogP) is 3.20. The summed E-state index contributed by atoms with van der Waals surface area (Å²) >= 11 is 0. The number of aldehydes is 1. The molecule has 3 aliphatic heterocycles. The summed E-state index contributed by atoms with van der Waals surface area (Å²) in [6, 6.07) is 5.07. The summed E-state index contributed by atoms with van der Waals surface area (Å²) in [4.78, 5) is 14.5. The summed E-state index contributed by atoms with van der Waals surface area (Å²) < 4.78 is 29.4. The second-order valence-corrected chi connectivity index (χ2v) is 8.48. The lowest BCUT2D eigenvalue weighted by molar-refractivity contribution is -0.110. The van der Waals surface area contributed by atoms with E-state index in [4.69, 9.17) is 10.5 Å². The molecule has 30 heavy (non-hydrogen) atoms. The van der Waals surface area contributed by atoms with Crippen molar-refractivity contribution in [3.63, 3.8) is 0 Å². The third-order valence-corrected chi connectivity index (χ3v) is 5.40. The van der Waals surface area contributed by atoms with E-state index in [1.165, 1.54) is 19.4 Å². The summed E-state index contributed by atoms with van der Waals surface area (Å²) in [6.45, 7) is 8.76. The minimum Gasteiger partial charge on any atom is -0.378 e. The Bertz CT molecular complexity index is 673. The molecule has 2 unspecified atom stereocenters. The first-order valence-corrected chi connectivity index (χ1v) is 10.7. The van der Waals surface area contributed by atoms with Crippen molar-refractivity contribution in [2.24, 2.45) is 11.7 Å². The van der Waals surface area contributed by atoms with Gasteiger partial charge in [-0.1, -0.05) is 13.8 Å². The number of likely N-dealkylation sites (N-methyl/N-ethyl adjacent to an activating group) is 1. The van der Waals surface area contributed by atoms with Crippen LogP contribution in [0.5, 0.6) is 0 Å². The van der Waals surface area contributed by atoms with E-state index in [2.05, 4.69) is 16.8 Å². The van der Waals surface area contributed by atoms with E-state index in [1.54, 1.807) is 11.3 Å². The lowest BCUT2D eigenvalue weighted by atomic mass is 10.0. The molecule has 1 saturated heterocycles. The Labute approximate surface area is 178 Å². The van der Waals surface area contributed by atoms with Crippen LogP contribution in [0.15, 0.2) is 35.5 Å². The minimum absolute atomic E-state index is 0.204. The molecule has 0 amide bonds. The highest BCUT2D eigenvalue weighted by atomic mass is 19.1. The average molecular weight is 424 g/mol. The van der Waals surface area contributed by atoms with Crippen molar-refractivity contribution in [1.29, 1.82) is 0 Å². The lowest BCUT2D eigenvalue weighted by Gasteiger charge is -2.34. The van der Waals surface area contributed by atoms with Crippen LogP contribution in [0.3, 0.4) is 0 Å². The molecule has 3 heterocycles. The van der Waals surface area contributed by atoms with Crippen LogP contribution in [0.1, 0.15) is 33.1 Å². The fourth-order valence-corrected chi connectivity index (χ4v) is 3.76. The van der Waals surface area contributed by atoms with Crippen LogP contribution in [0.25, 0.3) is 0 Å². The molecule has 7 heteroatoms. The molecule has 2 atom stereocenters. The smallest absolute Gasteiger partial charge is 0.123 e. The molecule has 0 saturated carbocycles. The predicted molar refractivity (Wildman–Crippen MR) is 115 cm³/mol. The van der Waals surface area contributed by atoms with Crippen LogP contribution >= 0.6 is 0 Å². The number of halogens is 2. The van der Waals surface area contributed by atoms with Crippen LogP contribution in [0.4, 0.5) is 8.78 Å². The first-order valence-electron chi connectivity index (χ1n) is 10.7. The average Bonchev–Trinajstić information content (AvgIpc) is 3.17. The highest BCUT2D eigenvalue weighted by Gasteiger charge is 2.33. The maximum atomic E-state index is 11.9. The maximum absolute atomic E-state index is 11.9. The Morgan fingerprint density at radius 1 is 1.13 bits per heavy atom. The van der Waals surface area contributed by atoms with Crippen molar-refractivity contribution in [2.75, 3.05) is 39.9 Å². The summed E-state index contributed by atoms with van der Waals surface area (Å²) in [5, 5.41) is 0. The molecule has 1 aromatic carbocycles. The molecule has 5 nitrogen and oxygen atoms in total. The largest absolute Gasteiger partial charge is 0.378 e. The second-order valence-electron chi connectivity index (χ2n) is 8.48. The molecule has 2 N–H and O–H groups in total. The number of carbonyl (C=O) groups is 1. The van der Waals surface area contributed by atoms with Crippen LogP contribution in [0, 0.1) is 17.6 Å². The molecule has 168 valence electrons. The highest BCUT2D eigenvalue weighted by Crippen LogP contribution is 2.30. The zero-order valence-corrected chi connectivity index (χ0v) is 18.3. The highest BCUT2D eigenvalue weighted by molar-refractivity contribution is 5.51. The number of rotatable bonds is 2. The Morgan fingerprint density at radius 3 is 2.23 bits per heavy atom. The Hall–Kier alpha value is -1.83. The molecule has 0 aromatic heterocycles. The van der Waals surface area contributed by atoms with E-state index in [-0.39, 0.29) is 12.0 Å². The van der Waals surface area contributed by atoms with E-state index < -0.39 is 11.6 Å². The number of carbonyl (C=O) groups excluding carboxylic acids is 1. The molecular weight excluding hydrogens is 388 g/mol. The van der Waals surface area contributed by atoms with Gasteiger partial charge in [0, 0.05) is 50.4 Å². The van der Waals surface area contributed by atoms with Crippen molar-refractivity contribution in [3.8, 4) is 0 Å². The van der Waals surface area contributed by atoms with Gasteiger partial charge in [-0.2, -0.15) is 0 Å². The molecule has 0 radical (unpaired) electrons. The van der Waals surface area contributed by atoms with Gasteiger partial charge in [0.1, 0.15) is 17.9 Å². The lowest BCUT2D eigenvalue weighted by Crippen LogP contribution is -2.47. The molecule has 0 spiro atoms. The summed E-state index contributed by atoms with van der Waals surface area (Å²) in [7, 11) is 2.22. The topological polar surface area (TPSA) is 58.8 Å². The molecule has 1 fully saturated rings. The van der Waals surface area contributed by atoms with Crippen LogP contribution in [0.2, 0.25) is 0 Å². The quantitative estimate of drug-likeness (QED) is 0.741. The number of benzene rings is 1. The van der Waals surface area contributed by atoms with E-state index in [9.17, 15) is 13.6 Å². The molecular formula is C23H35F2N3O2. The molecule has 1 aromatic rings. The van der Waals surface area contributed by atoms with E-state index in [0.717, 1.165) is 63.3 Å². The van der Waals surface area contributed by atoms with Crippen LogP contribution < -0.4 is 5.73 Å². The Balaban J connectivity index is 0.000000205. The Morgan fingerprint density at radius 2 is 1.73 bits per heavy atom. The van der Waals surface area contributed by atoms with Crippen molar-refractivity contribution in [1.82, 2.24) is 9.80 Å². The van der Waals surface area contributed by atoms with Gasteiger partial charge in [0.2, 0.25) is 0 Å². The van der Waals surface area contributed by atoms with Crippen molar-refractivity contribution in [3.05, 3.63) is 47.2 Å². The third kappa shape index (κ3) is 7.78. The summed E-state index contributed by atoms with van der Waals surface area (Å²) in [6.07, 6.45) is 4.60. The maximum Gasteiger partial charge on any atom is 0.123 e. The fraction of sp³-hybridized carbons (Fsp3) is 0.609. The number of ether oxygens (including phenoxy) is 1. The van der Waals surface area contributed by atoms with E-state index in [0.29, 0.717) is 6.04 Å². The fourth-order valence-electron chi connectivity index (χ4n) is 3.76. The SMILES string of the molecule is CC(C)C=O.CN1CCCC2=C1CN(C1COCC(N)C1)C2.Fc1ccc(F)cc1. The summed E-state index contributed by atoms with van der Waals surface area (Å²) in [5.41, 5.74) is 9.21. The number of nitrogens with two attached hydrogens (primary N) is 1. The Kier molecular flexibility index (Phi) is 9.88. The number of nitrogens with zero attached hydrogens (tertiary/aromatic N) is 2. The van der Waals surface area contributed by atoms with Gasteiger partial charge in [-0.25, -0.2) is 8.78 Å². The standard InChI is InChI=1S/C13H23N3O.C6H4F2.C4H8O/c1-15-4-2-3-10-6-16(7-13(10)15)12-5-11(14)8-17-9-12;7-5-1-2-6(8)4-3-5;1-4(2)3-5/h11-12H,2-9,14H2,1H3;1-4H;3-4H,1-2H3. The number of hydrogen-bond acceptors (Lipinski definition) is 5. The normalized spacial score (nSPS) is 23.9. The van der Waals surface area contributed by atoms with Gasteiger partial charge < -0.3 is 20.2 Å². The first kappa shape index (κ1) is 24.4. The van der Waals surface area contributed by atoms with Gasteiger partial charge in [-0.05, 0) is 49.1 Å². The van der Waals surface area contributed by atoms with Gasteiger partial charge in [0.25, 0.3) is 0 Å². The van der Waals surface area contributed by atoms with Crippen LogP contribution in [-0.4, -0.2) is 68.1 Å². The van der Waals surface area contributed by atoms with Gasteiger partial charge in [-0.15, -0.1) is 0 Å². The van der Waals surface area contributed by atoms with Crippen molar-refractivity contribution in [2.45, 2.75) is 45.2 Å². The number of hydrogen-bond donors (Lipinski definition) is 1. The minimum atomic E-state index is -0.411. The van der Waals surface area contributed by atoms with Crippen molar-refractivity contribution < 1.29 is 18.3 Å². The third-order valence-electron chi connectivity index (χ3n) is 5.40. The second kappa shape index (κ2) is 12.1. The zero-order valence-electron chi connectivity index (χ0n) is 18.3. The molecule has 0 aliphatic carbocycles. The van der Waals surface area contributed by atoms with Gasteiger partial charge in [0.15, 0.2) is 0 Å². The molecule has 3 aliphatic rings. The van der Waals surface area contributed by atoms with Gasteiger partial charge >= 0.3 is 0 Å². The van der Waals surface area contributed by atoms with Crippen molar-refractivity contribution >= 4 is 6.29 Å². The van der Waals surface area contributed by atoms with E-state index in [1.807, 2.05) is 13.8 Å². The summed E-state index contributed by atoms with van der Waals surface area (Å²) in [5.74, 6) is -0.618. The van der Waals surface area contributed by atoms with Gasteiger partial charge in [-0.3, -0.25) is 4.90 Å². The van der Waals surface area contributed by atoms with E-state index >= 15 is 0 Å². The monoisotopic (exact) mass is 423 g/mol. The van der Waals surface area contributed by atoms with Gasteiger partial charge in [0.05, 0.1) is 13.2 Å². The zero-order chi connectivity index (χ0) is 22.1. The molecule has 0 bridgehead atoms. The molecule has 4 rings (SSSR count). The first-order chi connectivity index (χ1) is 14.3. The van der Waals surface area contributed by atoms with Crippen LogP contribution in [-0.2, 0) is 9.53 Å².